The minimum absolute atomic E-state index is 0.0756. The van der Waals surface area contributed by atoms with E-state index in [0.717, 1.165) is 11.1 Å². The van der Waals surface area contributed by atoms with Crippen molar-refractivity contribution in [2.45, 2.75) is 51.8 Å². The molecule has 3 N–H and O–H groups in total. The number of aliphatic hydroxyl groups excluding tert-OH is 1. The van der Waals surface area contributed by atoms with Gasteiger partial charge in [0.2, 0.25) is 0 Å². The van der Waals surface area contributed by atoms with Crippen molar-refractivity contribution < 1.29 is 28.8 Å². The molecule has 0 aromatic heterocycles. The molecular formula is C22H29NO6. The molecule has 2 aromatic rings. The molecule has 4 atom stereocenters. The molecule has 0 bridgehead atoms. The molecule has 29 heavy (non-hydrogen) atoms. The van der Waals surface area contributed by atoms with E-state index in [1.165, 1.54) is 6.92 Å². The number of ether oxygens (including phenoxy) is 4. The standard InChI is InChI=1S/C22H29NO6/c1-16(26-13-18-9-5-3-6-10-18)20(15-27-17(2)24)29-22(25)21(23)28-14-19-11-7-4-8-12-19/h3-12,16,20-22,25H,13-15,23H2,1-2H3/t16?,20?,21-,22?/m0/s1. The molecule has 0 fully saturated rings. The van der Waals surface area contributed by atoms with Crippen molar-refractivity contribution in [2.75, 3.05) is 6.61 Å². The second-order valence-corrected chi connectivity index (χ2v) is 6.63. The first-order chi connectivity index (χ1) is 14.0. The molecule has 0 saturated heterocycles. The molecule has 7 nitrogen and oxygen atoms in total. The summed E-state index contributed by atoms with van der Waals surface area (Å²) in [5, 5.41) is 10.3. The van der Waals surface area contributed by atoms with Crippen LogP contribution in [0, 0.1) is 0 Å². The number of carbonyl (C=O) groups is 1. The number of benzene rings is 2. The van der Waals surface area contributed by atoms with Crippen LogP contribution in [0.2, 0.25) is 0 Å². The molecular weight excluding hydrogens is 374 g/mol. The van der Waals surface area contributed by atoms with E-state index in [-0.39, 0.29) is 13.2 Å². The fraction of sp³-hybridized carbons (Fsp3) is 0.409. The maximum absolute atomic E-state index is 11.2. The van der Waals surface area contributed by atoms with Crippen LogP contribution in [0.3, 0.4) is 0 Å². The van der Waals surface area contributed by atoms with Crippen molar-refractivity contribution in [1.29, 1.82) is 0 Å². The lowest BCUT2D eigenvalue weighted by Crippen LogP contribution is -2.45. The van der Waals surface area contributed by atoms with Crippen LogP contribution in [-0.2, 0) is 37.0 Å². The minimum Gasteiger partial charge on any atom is -0.463 e. The zero-order valence-corrected chi connectivity index (χ0v) is 16.8. The topological polar surface area (TPSA) is 100 Å². The van der Waals surface area contributed by atoms with Gasteiger partial charge in [-0.25, -0.2) is 0 Å². The Labute approximate surface area is 171 Å². The average Bonchev–Trinajstić information content (AvgIpc) is 2.74. The van der Waals surface area contributed by atoms with Crippen LogP contribution in [0.1, 0.15) is 25.0 Å². The molecule has 2 rings (SSSR count). The highest BCUT2D eigenvalue weighted by Gasteiger charge is 2.27. The number of carbonyl (C=O) groups excluding carboxylic acids is 1. The van der Waals surface area contributed by atoms with Crippen LogP contribution in [0.4, 0.5) is 0 Å². The number of hydrogen-bond acceptors (Lipinski definition) is 7. The van der Waals surface area contributed by atoms with Gasteiger partial charge in [0.25, 0.3) is 0 Å². The number of rotatable bonds is 12. The Morgan fingerprint density at radius 1 is 0.966 bits per heavy atom. The number of hydrogen-bond donors (Lipinski definition) is 2. The second kappa shape index (κ2) is 12.3. The lowest BCUT2D eigenvalue weighted by atomic mass is 10.2. The minimum atomic E-state index is -1.41. The second-order valence-electron chi connectivity index (χ2n) is 6.63. The molecule has 0 spiro atoms. The lowest BCUT2D eigenvalue weighted by Gasteiger charge is -2.29. The third-order valence-corrected chi connectivity index (χ3v) is 4.21. The van der Waals surface area contributed by atoms with Gasteiger partial charge >= 0.3 is 5.97 Å². The van der Waals surface area contributed by atoms with E-state index in [9.17, 15) is 9.90 Å². The van der Waals surface area contributed by atoms with Crippen LogP contribution >= 0.6 is 0 Å². The first-order valence-electron chi connectivity index (χ1n) is 9.49. The van der Waals surface area contributed by atoms with E-state index in [0.29, 0.717) is 6.61 Å². The number of aliphatic hydroxyl groups is 1. The van der Waals surface area contributed by atoms with Crippen molar-refractivity contribution in [1.82, 2.24) is 0 Å². The van der Waals surface area contributed by atoms with Gasteiger partial charge in [-0.2, -0.15) is 0 Å². The van der Waals surface area contributed by atoms with E-state index in [2.05, 4.69) is 0 Å². The van der Waals surface area contributed by atoms with Crippen molar-refractivity contribution in [3.63, 3.8) is 0 Å². The summed E-state index contributed by atoms with van der Waals surface area (Å²) >= 11 is 0. The van der Waals surface area contributed by atoms with Crippen molar-refractivity contribution >= 4 is 5.97 Å². The quantitative estimate of drug-likeness (QED) is 0.414. The predicted octanol–water partition coefficient (Wildman–Crippen LogP) is 2.36. The summed E-state index contributed by atoms with van der Waals surface area (Å²) in [7, 11) is 0. The molecule has 158 valence electrons. The molecule has 0 radical (unpaired) electrons. The normalized spacial score (nSPS) is 15.3. The molecule has 2 aromatic carbocycles. The summed E-state index contributed by atoms with van der Waals surface area (Å²) in [5.41, 5.74) is 7.81. The van der Waals surface area contributed by atoms with Crippen molar-refractivity contribution in [3.05, 3.63) is 71.8 Å². The van der Waals surface area contributed by atoms with Gasteiger partial charge in [-0.15, -0.1) is 0 Å². The molecule has 0 amide bonds. The van der Waals surface area contributed by atoms with E-state index < -0.39 is 30.7 Å². The Morgan fingerprint density at radius 3 is 2.00 bits per heavy atom. The van der Waals surface area contributed by atoms with E-state index in [1.807, 2.05) is 60.7 Å². The molecule has 3 unspecified atom stereocenters. The first-order valence-corrected chi connectivity index (χ1v) is 9.49. The molecule has 0 aliphatic rings. The van der Waals surface area contributed by atoms with Crippen molar-refractivity contribution in [3.8, 4) is 0 Å². The highest BCUT2D eigenvalue weighted by molar-refractivity contribution is 5.65. The summed E-state index contributed by atoms with van der Waals surface area (Å²) < 4.78 is 22.0. The largest absolute Gasteiger partial charge is 0.463 e. The SMILES string of the molecule is CC(=O)OCC(OC(O)[C@@H](N)OCc1ccccc1)C(C)OCc1ccccc1. The molecule has 0 aliphatic carbocycles. The zero-order chi connectivity index (χ0) is 21.1. The van der Waals surface area contributed by atoms with E-state index in [4.69, 9.17) is 24.7 Å². The van der Waals surface area contributed by atoms with Crippen LogP contribution in [0.25, 0.3) is 0 Å². The lowest BCUT2D eigenvalue weighted by molar-refractivity contribution is -0.231. The van der Waals surface area contributed by atoms with Crippen LogP contribution < -0.4 is 5.73 Å². The third-order valence-electron chi connectivity index (χ3n) is 4.21. The number of nitrogens with two attached hydrogens (primary N) is 1. The summed E-state index contributed by atoms with van der Waals surface area (Å²) in [6.07, 6.45) is -3.67. The summed E-state index contributed by atoms with van der Waals surface area (Å²) in [5.74, 6) is -0.451. The van der Waals surface area contributed by atoms with E-state index in [1.54, 1.807) is 6.92 Å². The van der Waals surface area contributed by atoms with Gasteiger partial charge in [0.15, 0.2) is 12.5 Å². The number of esters is 1. The van der Waals surface area contributed by atoms with Crippen molar-refractivity contribution in [2.24, 2.45) is 5.73 Å². The maximum Gasteiger partial charge on any atom is 0.302 e. The Balaban J connectivity index is 1.88. The summed E-state index contributed by atoms with van der Waals surface area (Å²) in [4.78, 5) is 11.2. The maximum atomic E-state index is 11.2. The Hall–Kier alpha value is -2.29. The van der Waals surface area contributed by atoms with Gasteiger partial charge in [0, 0.05) is 6.92 Å². The summed E-state index contributed by atoms with van der Waals surface area (Å²) in [6.45, 7) is 3.59. The van der Waals surface area contributed by atoms with Gasteiger partial charge in [-0.3, -0.25) is 4.79 Å². The Kier molecular flexibility index (Phi) is 9.76. The fourth-order valence-corrected chi connectivity index (χ4v) is 2.50. The molecule has 0 aliphatic heterocycles. The zero-order valence-electron chi connectivity index (χ0n) is 16.8. The molecule has 0 saturated carbocycles. The Morgan fingerprint density at radius 2 is 1.48 bits per heavy atom. The highest BCUT2D eigenvalue weighted by atomic mass is 16.7. The van der Waals surface area contributed by atoms with Gasteiger partial charge in [-0.1, -0.05) is 60.7 Å². The summed E-state index contributed by atoms with van der Waals surface area (Å²) in [6, 6.07) is 19.1. The van der Waals surface area contributed by atoms with E-state index >= 15 is 0 Å². The fourth-order valence-electron chi connectivity index (χ4n) is 2.50. The van der Waals surface area contributed by atoms with Gasteiger partial charge in [-0.05, 0) is 18.1 Å². The van der Waals surface area contributed by atoms with Gasteiger partial charge < -0.3 is 29.8 Å². The average molecular weight is 403 g/mol. The highest BCUT2D eigenvalue weighted by Crippen LogP contribution is 2.13. The predicted molar refractivity (Wildman–Crippen MR) is 107 cm³/mol. The van der Waals surface area contributed by atoms with Crippen LogP contribution in [0.15, 0.2) is 60.7 Å². The first kappa shape index (κ1) is 23.0. The molecule has 7 heteroatoms. The van der Waals surface area contributed by atoms with Crippen LogP contribution in [-0.4, -0.2) is 42.4 Å². The monoisotopic (exact) mass is 403 g/mol. The van der Waals surface area contributed by atoms with Crippen LogP contribution in [0.5, 0.6) is 0 Å². The third kappa shape index (κ3) is 8.72. The smallest absolute Gasteiger partial charge is 0.302 e. The molecule has 0 heterocycles. The Bertz CT molecular complexity index is 712. The van der Waals surface area contributed by atoms with Gasteiger partial charge in [0.05, 0.1) is 19.3 Å². The van der Waals surface area contributed by atoms with Gasteiger partial charge in [0.1, 0.15) is 12.7 Å².